The van der Waals surface area contributed by atoms with Crippen molar-refractivity contribution in [2.24, 2.45) is 11.8 Å². The maximum atomic E-state index is 11.4. The molecule has 0 aromatic heterocycles. The highest BCUT2D eigenvalue weighted by molar-refractivity contribution is 9.10. The Labute approximate surface area is 94.4 Å². The third-order valence-corrected chi connectivity index (χ3v) is 3.56. The second-order valence-corrected chi connectivity index (χ2v) is 5.19. The second kappa shape index (κ2) is 6.40. The SMILES string of the molecule is CC(C)C(O)CNC(=O)C(Br)C(C)C. The van der Waals surface area contributed by atoms with Crippen molar-refractivity contribution in [1.29, 1.82) is 0 Å². The zero-order valence-corrected chi connectivity index (χ0v) is 10.8. The molecule has 0 fully saturated rings. The van der Waals surface area contributed by atoms with Crippen LogP contribution in [0.4, 0.5) is 0 Å². The highest BCUT2D eigenvalue weighted by Crippen LogP contribution is 2.11. The zero-order valence-electron chi connectivity index (χ0n) is 9.25. The van der Waals surface area contributed by atoms with Gasteiger partial charge >= 0.3 is 0 Å². The fraction of sp³-hybridized carbons (Fsp3) is 0.900. The Hall–Kier alpha value is -0.0900. The predicted octanol–water partition coefficient (Wildman–Crippen LogP) is 1.54. The average molecular weight is 266 g/mol. The summed E-state index contributed by atoms with van der Waals surface area (Å²) in [6, 6.07) is 0. The van der Waals surface area contributed by atoms with E-state index in [2.05, 4.69) is 21.2 Å². The third-order valence-electron chi connectivity index (χ3n) is 2.09. The molecule has 0 aromatic rings. The van der Waals surface area contributed by atoms with Crippen molar-refractivity contribution in [2.45, 2.75) is 38.6 Å². The van der Waals surface area contributed by atoms with Crippen LogP contribution in [0.25, 0.3) is 0 Å². The molecule has 0 aliphatic rings. The van der Waals surface area contributed by atoms with Crippen LogP contribution in [0.3, 0.4) is 0 Å². The van der Waals surface area contributed by atoms with Crippen molar-refractivity contribution in [3.05, 3.63) is 0 Å². The Morgan fingerprint density at radius 2 is 1.79 bits per heavy atom. The smallest absolute Gasteiger partial charge is 0.234 e. The number of hydrogen-bond acceptors (Lipinski definition) is 2. The molecular formula is C10H20BrNO2. The Bertz CT molecular complexity index is 183. The van der Waals surface area contributed by atoms with Crippen LogP contribution < -0.4 is 5.32 Å². The number of rotatable bonds is 5. The Morgan fingerprint density at radius 1 is 1.29 bits per heavy atom. The summed E-state index contributed by atoms with van der Waals surface area (Å²) in [6.07, 6.45) is -0.467. The van der Waals surface area contributed by atoms with Gasteiger partial charge in [0.25, 0.3) is 0 Å². The highest BCUT2D eigenvalue weighted by Gasteiger charge is 2.19. The zero-order chi connectivity index (χ0) is 11.3. The summed E-state index contributed by atoms with van der Waals surface area (Å²) >= 11 is 3.30. The third kappa shape index (κ3) is 4.96. The molecule has 0 rings (SSSR count). The van der Waals surface area contributed by atoms with E-state index in [0.717, 1.165) is 0 Å². The molecule has 4 heteroatoms. The topological polar surface area (TPSA) is 49.3 Å². The summed E-state index contributed by atoms with van der Waals surface area (Å²) < 4.78 is 0. The van der Waals surface area contributed by atoms with Gasteiger partial charge in [-0.1, -0.05) is 43.6 Å². The van der Waals surface area contributed by atoms with Crippen LogP contribution >= 0.6 is 15.9 Å². The van der Waals surface area contributed by atoms with Crippen LogP contribution in [-0.2, 0) is 4.79 Å². The maximum absolute atomic E-state index is 11.4. The lowest BCUT2D eigenvalue weighted by Crippen LogP contribution is -2.40. The first kappa shape index (κ1) is 13.9. The molecule has 0 saturated heterocycles. The van der Waals surface area contributed by atoms with E-state index in [-0.39, 0.29) is 22.6 Å². The summed E-state index contributed by atoms with van der Waals surface area (Å²) in [5, 5.41) is 12.2. The number of alkyl halides is 1. The lowest BCUT2D eigenvalue weighted by molar-refractivity contribution is -0.121. The molecule has 84 valence electrons. The second-order valence-electron chi connectivity index (χ2n) is 4.20. The van der Waals surface area contributed by atoms with Crippen LogP contribution in [0.2, 0.25) is 0 Å². The quantitative estimate of drug-likeness (QED) is 0.741. The summed E-state index contributed by atoms with van der Waals surface area (Å²) in [5.74, 6) is 0.369. The fourth-order valence-electron chi connectivity index (χ4n) is 0.841. The number of carbonyl (C=O) groups is 1. The minimum atomic E-state index is -0.467. The fourth-order valence-corrected chi connectivity index (χ4v) is 1.00. The molecule has 3 nitrogen and oxygen atoms in total. The van der Waals surface area contributed by atoms with E-state index in [1.165, 1.54) is 0 Å². The van der Waals surface area contributed by atoms with Crippen molar-refractivity contribution >= 4 is 21.8 Å². The van der Waals surface area contributed by atoms with E-state index in [0.29, 0.717) is 6.54 Å². The van der Waals surface area contributed by atoms with Gasteiger partial charge in [-0.25, -0.2) is 0 Å². The molecule has 0 aromatic carbocycles. The van der Waals surface area contributed by atoms with Crippen LogP contribution in [0.15, 0.2) is 0 Å². The molecule has 0 heterocycles. The minimum Gasteiger partial charge on any atom is -0.391 e. The first-order valence-corrected chi connectivity index (χ1v) is 5.87. The van der Waals surface area contributed by atoms with Crippen molar-refractivity contribution in [3.8, 4) is 0 Å². The summed E-state index contributed by atoms with van der Waals surface area (Å²) in [5.41, 5.74) is 0. The number of nitrogens with one attached hydrogen (secondary N) is 1. The summed E-state index contributed by atoms with van der Waals surface area (Å²) in [6.45, 7) is 8.11. The van der Waals surface area contributed by atoms with E-state index < -0.39 is 6.10 Å². The average Bonchev–Trinajstić information content (AvgIpc) is 2.11. The van der Waals surface area contributed by atoms with Gasteiger partial charge in [-0.3, -0.25) is 4.79 Å². The molecule has 14 heavy (non-hydrogen) atoms. The van der Waals surface area contributed by atoms with Gasteiger partial charge in [0.1, 0.15) is 0 Å². The summed E-state index contributed by atoms with van der Waals surface area (Å²) in [4.78, 5) is 11.3. The van der Waals surface area contributed by atoms with Gasteiger partial charge in [0.05, 0.1) is 10.9 Å². The van der Waals surface area contributed by atoms with Crippen molar-refractivity contribution < 1.29 is 9.90 Å². The van der Waals surface area contributed by atoms with Crippen molar-refractivity contribution in [3.63, 3.8) is 0 Å². The van der Waals surface area contributed by atoms with Crippen LogP contribution in [0.1, 0.15) is 27.7 Å². The molecule has 0 aliphatic carbocycles. The normalized spacial score (nSPS) is 15.7. The van der Waals surface area contributed by atoms with Gasteiger partial charge < -0.3 is 10.4 Å². The number of aliphatic hydroxyl groups is 1. The largest absolute Gasteiger partial charge is 0.391 e. The number of carbonyl (C=O) groups excluding carboxylic acids is 1. The Balaban J connectivity index is 3.85. The molecular weight excluding hydrogens is 246 g/mol. The summed E-state index contributed by atoms with van der Waals surface area (Å²) in [7, 11) is 0. The van der Waals surface area contributed by atoms with Gasteiger partial charge in [-0.05, 0) is 11.8 Å². The first-order valence-electron chi connectivity index (χ1n) is 4.96. The van der Waals surface area contributed by atoms with Gasteiger partial charge in [0.2, 0.25) is 5.91 Å². The Kier molecular flexibility index (Phi) is 6.36. The molecule has 2 atom stereocenters. The van der Waals surface area contributed by atoms with Crippen LogP contribution in [0, 0.1) is 11.8 Å². The minimum absolute atomic E-state index is 0.0558. The number of aliphatic hydroxyl groups excluding tert-OH is 1. The van der Waals surface area contributed by atoms with E-state index in [1.807, 2.05) is 27.7 Å². The molecule has 0 radical (unpaired) electrons. The lowest BCUT2D eigenvalue weighted by Gasteiger charge is -2.18. The molecule has 1 amide bonds. The van der Waals surface area contributed by atoms with E-state index in [9.17, 15) is 9.90 Å². The van der Waals surface area contributed by atoms with E-state index in [4.69, 9.17) is 0 Å². The standard InChI is InChI=1S/C10H20BrNO2/c1-6(2)8(13)5-12-10(14)9(11)7(3)4/h6-9,13H,5H2,1-4H3,(H,12,14). The van der Waals surface area contributed by atoms with Gasteiger partial charge in [-0.2, -0.15) is 0 Å². The van der Waals surface area contributed by atoms with E-state index in [1.54, 1.807) is 0 Å². The van der Waals surface area contributed by atoms with E-state index >= 15 is 0 Å². The first-order chi connectivity index (χ1) is 6.36. The molecule has 2 unspecified atom stereocenters. The number of halogens is 1. The molecule has 2 N–H and O–H groups in total. The lowest BCUT2D eigenvalue weighted by atomic mass is 10.1. The molecule has 0 aliphatic heterocycles. The van der Waals surface area contributed by atoms with Gasteiger partial charge in [0.15, 0.2) is 0 Å². The molecule has 0 spiro atoms. The molecule has 0 saturated carbocycles. The maximum Gasteiger partial charge on any atom is 0.234 e. The predicted molar refractivity (Wildman–Crippen MR) is 61.4 cm³/mol. The van der Waals surface area contributed by atoms with Crippen molar-refractivity contribution in [1.82, 2.24) is 5.32 Å². The van der Waals surface area contributed by atoms with Crippen molar-refractivity contribution in [2.75, 3.05) is 6.54 Å². The van der Waals surface area contributed by atoms with Crippen LogP contribution in [0.5, 0.6) is 0 Å². The molecule has 0 bridgehead atoms. The monoisotopic (exact) mass is 265 g/mol. The Morgan fingerprint density at radius 3 is 2.14 bits per heavy atom. The van der Waals surface area contributed by atoms with Gasteiger partial charge in [0, 0.05) is 6.54 Å². The number of amides is 1. The van der Waals surface area contributed by atoms with Crippen LogP contribution in [-0.4, -0.2) is 28.5 Å². The van der Waals surface area contributed by atoms with Gasteiger partial charge in [-0.15, -0.1) is 0 Å². The number of hydrogen-bond donors (Lipinski definition) is 2. The highest BCUT2D eigenvalue weighted by atomic mass is 79.9.